The van der Waals surface area contributed by atoms with E-state index in [1.54, 1.807) is 69.3 Å². The number of hydrogen-bond donors (Lipinski definition) is 1. The minimum Gasteiger partial charge on any atom is -0.444 e. The summed E-state index contributed by atoms with van der Waals surface area (Å²) in [5.41, 5.74) is -0.0483. The zero-order chi connectivity index (χ0) is 26.0. The molecule has 1 unspecified atom stereocenters. The summed E-state index contributed by atoms with van der Waals surface area (Å²) in [6.45, 7) is 5.13. The van der Waals surface area contributed by atoms with Crippen LogP contribution < -0.4 is 10.9 Å². The predicted octanol–water partition coefficient (Wildman–Crippen LogP) is 6.13. The Bertz CT molecular complexity index is 1460. The first-order valence-electron chi connectivity index (χ1n) is 11.2. The number of aromatic nitrogens is 2. The minimum absolute atomic E-state index is 0.0632. The van der Waals surface area contributed by atoms with E-state index in [0.717, 1.165) is 6.07 Å². The Morgan fingerprint density at radius 1 is 1.06 bits per heavy atom. The van der Waals surface area contributed by atoms with Gasteiger partial charge in [-0.1, -0.05) is 23.7 Å². The summed E-state index contributed by atoms with van der Waals surface area (Å²) in [6, 6.07) is 15.5. The van der Waals surface area contributed by atoms with Gasteiger partial charge in [-0.2, -0.15) is 0 Å². The van der Waals surface area contributed by atoms with Crippen LogP contribution in [0.4, 0.5) is 13.6 Å². The molecular formula is C27H24ClF2N3O3. The van der Waals surface area contributed by atoms with Crippen LogP contribution in [0.15, 0.2) is 71.5 Å². The highest BCUT2D eigenvalue weighted by molar-refractivity contribution is 6.30. The van der Waals surface area contributed by atoms with Crippen LogP contribution in [0.1, 0.15) is 38.2 Å². The van der Waals surface area contributed by atoms with Crippen LogP contribution in [0.25, 0.3) is 16.6 Å². The highest BCUT2D eigenvalue weighted by atomic mass is 35.5. The van der Waals surface area contributed by atoms with Gasteiger partial charge in [-0.15, -0.1) is 0 Å². The third kappa shape index (κ3) is 5.88. The summed E-state index contributed by atoms with van der Waals surface area (Å²) < 4.78 is 34.8. The third-order valence-electron chi connectivity index (χ3n) is 5.25. The van der Waals surface area contributed by atoms with Crippen molar-refractivity contribution < 1.29 is 18.3 Å². The summed E-state index contributed by atoms with van der Waals surface area (Å²) in [4.78, 5) is 31.1. The van der Waals surface area contributed by atoms with Crippen LogP contribution in [-0.2, 0) is 11.2 Å². The molecule has 1 aromatic heterocycles. The molecule has 0 aliphatic rings. The van der Waals surface area contributed by atoms with Gasteiger partial charge in [0.2, 0.25) is 0 Å². The van der Waals surface area contributed by atoms with Gasteiger partial charge in [0.15, 0.2) is 0 Å². The molecule has 0 saturated carbocycles. The number of carbonyl (C=O) groups is 1. The molecule has 3 aromatic carbocycles. The Kier molecular flexibility index (Phi) is 7.08. The van der Waals surface area contributed by atoms with Gasteiger partial charge >= 0.3 is 6.09 Å². The first-order chi connectivity index (χ1) is 17.0. The van der Waals surface area contributed by atoms with Crippen LogP contribution in [0, 0.1) is 11.6 Å². The fourth-order valence-corrected chi connectivity index (χ4v) is 3.97. The minimum atomic E-state index is -0.978. The zero-order valence-electron chi connectivity index (χ0n) is 19.9. The topological polar surface area (TPSA) is 73.2 Å². The molecule has 0 radical (unpaired) electrons. The van der Waals surface area contributed by atoms with E-state index in [-0.39, 0.29) is 23.4 Å². The van der Waals surface area contributed by atoms with E-state index < -0.39 is 29.4 Å². The van der Waals surface area contributed by atoms with Crippen molar-refractivity contribution in [2.75, 3.05) is 0 Å². The number of hydrogen-bond acceptors (Lipinski definition) is 4. The lowest BCUT2D eigenvalue weighted by Gasteiger charge is -2.25. The average molecular weight is 512 g/mol. The molecule has 0 saturated heterocycles. The van der Waals surface area contributed by atoms with Gasteiger partial charge in [-0.25, -0.2) is 18.6 Å². The lowest BCUT2D eigenvalue weighted by atomic mass is 10.0. The second-order valence-electron chi connectivity index (χ2n) is 9.28. The molecule has 186 valence electrons. The Hall–Kier alpha value is -3.78. The van der Waals surface area contributed by atoms with E-state index in [1.165, 1.54) is 16.7 Å². The highest BCUT2D eigenvalue weighted by Crippen LogP contribution is 2.24. The Morgan fingerprint density at radius 3 is 2.33 bits per heavy atom. The van der Waals surface area contributed by atoms with Crippen LogP contribution in [0.2, 0.25) is 5.02 Å². The molecule has 1 N–H and O–H groups in total. The molecule has 0 aliphatic carbocycles. The monoisotopic (exact) mass is 511 g/mol. The van der Waals surface area contributed by atoms with Crippen molar-refractivity contribution in [3.05, 3.63) is 105 Å². The summed E-state index contributed by atoms with van der Waals surface area (Å²) in [7, 11) is 0. The van der Waals surface area contributed by atoms with E-state index in [4.69, 9.17) is 21.3 Å². The van der Waals surface area contributed by atoms with Gasteiger partial charge in [0.25, 0.3) is 5.56 Å². The van der Waals surface area contributed by atoms with E-state index in [2.05, 4.69) is 5.32 Å². The number of benzene rings is 3. The van der Waals surface area contributed by atoms with Gasteiger partial charge in [-0.3, -0.25) is 9.36 Å². The van der Waals surface area contributed by atoms with Gasteiger partial charge < -0.3 is 10.1 Å². The maximum Gasteiger partial charge on any atom is 0.408 e. The van der Waals surface area contributed by atoms with Crippen LogP contribution in [0.3, 0.4) is 0 Å². The fourth-order valence-electron chi connectivity index (χ4n) is 3.84. The summed E-state index contributed by atoms with van der Waals surface area (Å²) >= 11 is 6.06. The van der Waals surface area contributed by atoms with Crippen molar-refractivity contribution in [2.45, 2.75) is 38.8 Å². The van der Waals surface area contributed by atoms with Crippen molar-refractivity contribution in [2.24, 2.45) is 0 Å². The summed E-state index contributed by atoms with van der Waals surface area (Å²) in [6.07, 6.45) is -0.832. The summed E-state index contributed by atoms with van der Waals surface area (Å²) in [5, 5.41) is 3.57. The van der Waals surface area contributed by atoms with E-state index in [9.17, 15) is 18.4 Å². The molecule has 6 nitrogen and oxygen atoms in total. The molecule has 0 bridgehead atoms. The van der Waals surface area contributed by atoms with Gasteiger partial charge in [-0.05, 0) is 74.9 Å². The van der Waals surface area contributed by atoms with Crippen LogP contribution in [0.5, 0.6) is 0 Å². The van der Waals surface area contributed by atoms with E-state index in [1.807, 2.05) is 0 Å². The number of alkyl carbamates (subject to hydrolysis) is 1. The maximum atomic E-state index is 14.0. The molecule has 4 aromatic rings. The molecule has 36 heavy (non-hydrogen) atoms. The normalized spacial score (nSPS) is 12.4. The van der Waals surface area contributed by atoms with E-state index in [0.29, 0.717) is 21.6 Å². The predicted molar refractivity (Wildman–Crippen MR) is 135 cm³/mol. The first-order valence-corrected chi connectivity index (χ1v) is 11.6. The molecule has 0 spiro atoms. The molecule has 1 atom stereocenters. The molecule has 1 heterocycles. The van der Waals surface area contributed by atoms with Crippen molar-refractivity contribution in [3.63, 3.8) is 0 Å². The van der Waals surface area contributed by atoms with E-state index >= 15 is 0 Å². The molecular weight excluding hydrogens is 488 g/mol. The molecule has 4 rings (SSSR count). The zero-order valence-corrected chi connectivity index (χ0v) is 20.6. The lowest BCUT2D eigenvalue weighted by molar-refractivity contribution is 0.0500. The van der Waals surface area contributed by atoms with Crippen molar-refractivity contribution in [1.29, 1.82) is 0 Å². The quantitative estimate of drug-likeness (QED) is 0.350. The van der Waals surface area contributed by atoms with Crippen LogP contribution >= 0.6 is 11.6 Å². The second kappa shape index (κ2) is 10.1. The van der Waals surface area contributed by atoms with Gasteiger partial charge in [0.1, 0.15) is 23.1 Å². The number of rotatable bonds is 5. The number of carbonyl (C=O) groups excluding carboxylic acids is 1. The maximum absolute atomic E-state index is 14.0. The summed E-state index contributed by atoms with van der Waals surface area (Å²) in [5.74, 6) is -1.36. The average Bonchev–Trinajstić information content (AvgIpc) is 2.77. The number of amides is 1. The molecule has 9 heteroatoms. The number of para-hydroxylation sites is 1. The number of fused-ring (bicyclic) bond motifs is 1. The number of nitrogens with zero attached hydrogens (tertiary/aromatic N) is 2. The molecule has 1 amide bonds. The Morgan fingerprint density at radius 2 is 1.69 bits per heavy atom. The largest absolute Gasteiger partial charge is 0.444 e. The van der Waals surface area contributed by atoms with Crippen molar-refractivity contribution in [3.8, 4) is 5.69 Å². The molecule has 0 fully saturated rings. The Balaban J connectivity index is 1.92. The lowest BCUT2D eigenvalue weighted by Crippen LogP contribution is -2.38. The van der Waals surface area contributed by atoms with Crippen molar-refractivity contribution in [1.82, 2.24) is 14.9 Å². The smallest absolute Gasteiger partial charge is 0.408 e. The SMILES string of the molecule is CC(C)(C)OC(=O)NC(Cc1cc(F)cc(F)c1)c1nc2ccccc2c(=O)n1-c1ccc(Cl)cc1. The Labute approximate surface area is 211 Å². The highest BCUT2D eigenvalue weighted by Gasteiger charge is 2.26. The standard InChI is InChI=1S/C27H24ClF2N3O3/c1-27(2,3)36-26(35)32-23(14-16-12-18(29)15-19(30)13-16)24-31-22-7-5-4-6-21(22)25(34)33(24)20-10-8-17(28)9-11-20/h4-13,15,23H,14H2,1-3H3,(H,32,35). The third-order valence-corrected chi connectivity index (χ3v) is 5.50. The number of halogens is 3. The van der Waals surface area contributed by atoms with Gasteiger partial charge in [0.05, 0.1) is 22.6 Å². The van der Waals surface area contributed by atoms with Gasteiger partial charge in [0, 0.05) is 17.5 Å². The number of nitrogens with one attached hydrogen (secondary N) is 1. The second-order valence-corrected chi connectivity index (χ2v) is 9.72. The fraction of sp³-hybridized carbons (Fsp3) is 0.222. The van der Waals surface area contributed by atoms with Crippen molar-refractivity contribution >= 4 is 28.6 Å². The molecule has 0 aliphatic heterocycles. The first kappa shape index (κ1) is 25.3. The number of ether oxygens (including phenoxy) is 1. The van der Waals surface area contributed by atoms with Crippen LogP contribution in [-0.4, -0.2) is 21.2 Å².